The minimum atomic E-state index is -0.231. The molecule has 0 amide bonds. The van der Waals surface area contributed by atoms with Crippen LogP contribution in [0.5, 0.6) is 0 Å². The molecule has 0 rings (SSSR count). The maximum absolute atomic E-state index is 11.5. The van der Waals surface area contributed by atoms with Crippen molar-refractivity contribution >= 4 is 5.78 Å². The first kappa shape index (κ1) is 11.6. The van der Waals surface area contributed by atoms with E-state index < -0.39 is 0 Å². The van der Waals surface area contributed by atoms with Gasteiger partial charge in [-0.05, 0) is 6.42 Å². The summed E-state index contributed by atoms with van der Waals surface area (Å²) in [5.41, 5.74) is 5.53. The first-order valence-corrected chi connectivity index (χ1v) is 4.66. The molecule has 0 heterocycles. The molecule has 0 saturated heterocycles. The molecule has 0 aromatic heterocycles. The highest BCUT2D eigenvalue weighted by Crippen LogP contribution is 2.18. The molecule has 2 N–H and O–H groups in total. The van der Waals surface area contributed by atoms with Crippen molar-refractivity contribution in [3.8, 4) is 0 Å². The molecule has 0 bridgehead atoms. The number of ketones is 1. The Morgan fingerprint density at radius 2 is 1.92 bits per heavy atom. The van der Waals surface area contributed by atoms with Crippen LogP contribution >= 0.6 is 0 Å². The fraction of sp³-hybridized carbons (Fsp3) is 0.900. The topological polar surface area (TPSA) is 43.1 Å². The van der Waals surface area contributed by atoms with Crippen LogP contribution < -0.4 is 5.73 Å². The van der Waals surface area contributed by atoms with Gasteiger partial charge in [-0.1, -0.05) is 34.1 Å². The minimum absolute atomic E-state index is 0.0572. The lowest BCUT2D eigenvalue weighted by Crippen LogP contribution is -2.29. The number of carbonyl (C=O) groups excluding carboxylic acids is 1. The smallest absolute Gasteiger partial charge is 0.139 e. The third-order valence-corrected chi connectivity index (χ3v) is 1.94. The van der Waals surface area contributed by atoms with Crippen molar-refractivity contribution in [1.29, 1.82) is 0 Å². The second-order valence-electron chi connectivity index (χ2n) is 4.43. The van der Waals surface area contributed by atoms with E-state index in [-0.39, 0.29) is 17.2 Å². The third-order valence-electron chi connectivity index (χ3n) is 1.94. The zero-order chi connectivity index (χ0) is 9.78. The Hall–Kier alpha value is -0.370. The number of carbonyl (C=O) groups is 1. The van der Waals surface area contributed by atoms with Gasteiger partial charge >= 0.3 is 0 Å². The Balaban J connectivity index is 3.85. The van der Waals surface area contributed by atoms with E-state index in [1.165, 1.54) is 0 Å². The number of nitrogens with two attached hydrogens (primary N) is 1. The fourth-order valence-electron chi connectivity index (χ4n) is 1.02. The van der Waals surface area contributed by atoms with Crippen molar-refractivity contribution in [2.75, 3.05) is 0 Å². The monoisotopic (exact) mass is 171 g/mol. The molecule has 0 aliphatic carbocycles. The lowest BCUT2D eigenvalue weighted by atomic mass is 9.86. The highest BCUT2D eigenvalue weighted by molar-refractivity contribution is 5.84. The molecule has 0 aromatic carbocycles. The van der Waals surface area contributed by atoms with Gasteiger partial charge in [0.15, 0.2) is 0 Å². The lowest BCUT2D eigenvalue weighted by molar-refractivity contribution is -0.126. The van der Waals surface area contributed by atoms with E-state index in [0.717, 1.165) is 12.8 Å². The van der Waals surface area contributed by atoms with Crippen molar-refractivity contribution in [3.05, 3.63) is 0 Å². The van der Waals surface area contributed by atoms with Crippen LogP contribution in [0.4, 0.5) is 0 Å². The molecule has 1 atom stereocenters. The summed E-state index contributed by atoms with van der Waals surface area (Å²) in [5.74, 6) is 0.267. The Bertz CT molecular complexity index is 146. The van der Waals surface area contributed by atoms with Crippen LogP contribution in [0.25, 0.3) is 0 Å². The average Bonchev–Trinajstić information content (AvgIpc) is 1.85. The molecule has 0 aromatic rings. The summed E-state index contributed by atoms with van der Waals surface area (Å²) in [6.45, 7) is 7.90. The van der Waals surface area contributed by atoms with Gasteiger partial charge in [-0.2, -0.15) is 0 Å². The summed E-state index contributed by atoms with van der Waals surface area (Å²) >= 11 is 0. The van der Waals surface area contributed by atoms with Gasteiger partial charge in [0.25, 0.3) is 0 Å². The van der Waals surface area contributed by atoms with E-state index in [1.54, 1.807) is 0 Å². The number of hydrogen-bond acceptors (Lipinski definition) is 2. The molecular formula is C10H21NO. The molecule has 0 spiro atoms. The first-order chi connectivity index (χ1) is 5.38. The molecule has 0 fully saturated rings. The van der Waals surface area contributed by atoms with Crippen LogP contribution in [0.15, 0.2) is 0 Å². The van der Waals surface area contributed by atoms with Gasteiger partial charge in [-0.15, -0.1) is 0 Å². The Morgan fingerprint density at radius 1 is 1.42 bits per heavy atom. The predicted molar refractivity (Wildman–Crippen MR) is 52.0 cm³/mol. The molecule has 72 valence electrons. The molecule has 0 aliphatic rings. The fourth-order valence-corrected chi connectivity index (χ4v) is 1.02. The van der Waals surface area contributed by atoms with Crippen LogP contribution in [0.3, 0.4) is 0 Å². The highest BCUT2D eigenvalue weighted by Gasteiger charge is 2.22. The van der Waals surface area contributed by atoms with Gasteiger partial charge in [0.1, 0.15) is 5.78 Å². The normalized spacial score (nSPS) is 14.4. The molecule has 0 aliphatic heterocycles. The summed E-state index contributed by atoms with van der Waals surface area (Å²) < 4.78 is 0. The maximum Gasteiger partial charge on any atom is 0.139 e. The Morgan fingerprint density at radius 3 is 2.25 bits per heavy atom. The number of hydrogen-bond donors (Lipinski definition) is 1. The molecule has 12 heavy (non-hydrogen) atoms. The molecule has 0 radical (unpaired) electrons. The minimum Gasteiger partial charge on any atom is -0.327 e. The van der Waals surface area contributed by atoms with Crippen LogP contribution in [0.1, 0.15) is 47.0 Å². The Kier molecular flexibility index (Phi) is 4.46. The van der Waals surface area contributed by atoms with Crippen LogP contribution in [0, 0.1) is 5.41 Å². The summed E-state index contributed by atoms with van der Waals surface area (Å²) in [6, 6.07) is 0.0572. The predicted octanol–water partition coefficient (Wildman–Crippen LogP) is 2.12. The lowest BCUT2D eigenvalue weighted by Gasteiger charge is -2.19. The van der Waals surface area contributed by atoms with Crippen molar-refractivity contribution in [2.24, 2.45) is 11.1 Å². The summed E-state index contributed by atoms with van der Waals surface area (Å²) in [4.78, 5) is 11.5. The van der Waals surface area contributed by atoms with E-state index >= 15 is 0 Å². The standard InChI is InChI=1S/C10H21NO/c1-5-6-8(11)7-9(12)10(2,3)4/h8H,5-7,11H2,1-4H3. The summed E-state index contributed by atoms with van der Waals surface area (Å²) in [7, 11) is 0. The van der Waals surface area contributed by atoms with Crippen molar-refractivity contribution in [2.45, 2.75) is 53.0 Å². The van der Waals surface area contributed by atoms with Crippen LogP contribution in [0.2, 0.25) is 0 Å². The SMILES string of the molecule is CCCC(N)CC(=O)C(C)(C)C. The highest BCUT2D eigenvalue weighted by atomic mass is 16.1. The van der Waals surface area contributed by atoms with Crippen LogP contribution in [-0.4, -0.2) is 11.8 Å². The zero-order valence-electron chi connectivity index (χ0n) is 8.68. The second kappa shape index (κ2) is 4.61. The van der Waals surface area contributed by atoms with Gasteiger partial charge in [0, 0.05) is 17.9 Å². The maximum atomic E-state index is 11.5. The van der Waals surface area contributed by atoms with Gasteiger partial charge in [-0.25, -0.2) is 0 Å². The summed E-state index contributed by atoms with van der Waals surface area (Å²) in [6.07, 6.45) is 2.53. The van der Waals surface area contributed by atoms with Crippen molar-refractivity contribution in [3.63, 3.8) is 0 Å². The van der Waals surface area contributed by atoms with Gasteiger partial charge in [0.05, 0.1) is 0 Å². The van der Waals surface area contributed by atoms with E-state index in [0.29, 0.717) is 6.42 Å². The summed E-state index contributed by atoms with van der Waals surface area (Å²) in [5, 5.41) is 0. The molecule has 2 heteroatoms. The van der Waals surface area contributed by atoms with E-state index in [1.807, 2.05) is 20.8 Å². The van der Waals surface area contributed by atoms with Crippen LogP contribution in [-0.2, 0) is 4.79 Å². The third kappa shape index (κ3) is 4.50. The molecule has 1 unspecified atom stereocenters. The largest absolute Gasteiger partial charge is 0.327 e. The van der Waals surface area contributed by atoms with E-state index in [2.05, 4.69) is 6.92 Å². The number of rotatable bonds is 4. The molecule has 0 saturated carbocycles. The molecule has 2 nitrogen and oxygen atoms in total. The molecular weight excluding hydrogens is 150 g/mol. The van der Waals surface area contributed by atoms with Gasteiger partial charge < -0.3 is 5.73 Å². The first-order valence-electron chi connectivity index (χ1n) is 4.66. The van der Waals surface area contributed by atoms with Gasteiger partial charge in [-0.3, -0.25) is 4.79 Å². The van der Waals surface area contributed by atoms with Crippen molar-refractivity contribution in [1.82, 2.24) is 0 Å². The zero-order valence-corrected chi connectivity index (χ0v) is 8.68. The van der Waals surface area contributed by atoms with E-state index in [4.69, 9.17) is 5.73 Å². The van der Waals surface area contributed by atoms with Crippen molar-refractivity contribution < 1.29 is 4.79 Å². The van der Waals surface area contributed by atoms with Gasteiger partial charge in [0.2, 0.25) is 0 Å². The quantitative estimate of drug-likeness (QED) is 0.704. The average molecular weight is 171 g/mol. The Labute approximate surface area is 75.5 Å². The number of Topliss-reactive ketones (excluding diaryl/α,β-unsaturated/α-hetero) is 1. The van der Waals surface area contributed by atoms with E-state index in [9.17, 15) is 4.79 Å². The second-order valence-corrected chi connectivity index (χ2v) is 4.43.